The van der Waals surface area contributed by atoms with Crippen LogP contribution in [-0.2, 0) is 6.42 Å². The summed E-state index contributed by atoms with van der Waals surface area (Å²) in [5.41, 5.74) is 10.3. The maximum Gasteiger partial charge on any atom is 0.223 e. The van der Waals surface area contributed by atoms with E-state index in [-0.39, 0.29) is 6.04 Å². The van der Waals surface area contributed by atoms with Gasteiger partial charge >= 0.3 is 0 Å². The van der Waals surface area contributed by atoms with Crippen molar-refractivity contribution in [1.82, 2.24) is 9.97 Å². The van der Waals surface area contributed by atoms with Crippen LogP contribution < -0.4 is 11.1 Å². The van der Waals surface area contributed by atoms with Gasteiger partial charge in [-0.3, -0.25) is 0 Å². The molecule has 3 aromatic rings. The van der Waals surface area contributed by atoms with E-state index in [9.17, 15) is 0 Å². The third-order valence-electron chi connectivity index (χ3n) is 4.04. The summed E-state index contributed by atoms with van der Waals surface area (Å²) in [7, 11) is 0. The summed E-state index contributed by atoms with van der Waals surface area (Å²) in [6.07, 6.45) is 3.96. The van der Waals surface area contributed by atoms with Gasteiger partial charge in [0.05, 0.1) is 11.6 Å². The Kier molecular flexibility index (Phi) is 2.74. The Balaban J connectivity index is 1.64. The van der Waals surface area contributed by atoms with Crippen LogP contribution in [-0.4, -0.2) is 9.97 Å². The van der Waals surface area contributed by atoms with Crippen LogP contribution in [0.15, 0.2) is 48.7 Å². The Morgan fingerprint density at radius 2 is 2.05 bits per heavy atom. The second-order valence-corrected chi connectivity index (χ2v) is 5.45. The van der Waals surface area contributed by atoms with E-state index in [2.05, 4.69) is 27.4 Å². The summed E-state index contributed by atoms with van der Waals surface area (Å²) in [5.74, 6) is 0.684. The number of hydrogen-bond acceptors (Lipinski definition) is 4. The van der Waals surface area contributed by atoms with E-state index in [1.807, 2.05) is 36.5 Å². The number of aromatic nitrogens is 2. The standard InChI is InChI=1S/C17H16N4/c18-13-6-7-14-11(9-13)5-8-16(14)21-17-19-10-12-3-1-2-4-15(12)20-17/h1-4,6-7,9-10,16H,5,8,18H2,(H,19,20,21). The number of nitrogens with two attached hydrogens (primary N) is 1. The normalized spacial score (nSPS) is 16.9. The molecule has 4 heteroatoms. The van der Waals surface area contributed by atoms with Crippen LogP contribution in [0.4, 0.5) is 11.6 Å². The minimum absolute atomic E-state index is 0.266. The van der Waals surface area contributed by atoms with Gasteiger partial charge in [0.2, 0.25) is 5.95 Å². The molecule has 0 saturated heterocycles. The third-order valence-corrected chi connectivity index (χ3v) is 4.04. The summed E-state index contributed by atoms with van der Waals surface area (Å²) < 4.78 is 0. The van der Waals surface area contributed by atoms with Gasteiger partial charge in [-0.2, -0.15) is 0 Å². The highest BCUT2D eigenvalue weighted by atomic mass is 15.1. The van der Waals surface area contributed by atoms with Crippen LogP contribution in [0, 0.1) is 0 Å². The van der Waals surface area contributed by atoms with Gasteiger partial charge in [-0.1, -0.05) is 24.3 Å². The molecular weight excluding hydrogens is 260 g/mol. The number of benzene rings is 2. The van der Waals surface area contributed by atoms with Crippen LogP contribution in [0.2, 0.25) is 0 Å². The molecule has 1 unspecified atom stereocenters. The Morgan fingerprint density at radius 3 is 3.00 bits per heavy atom. The first-order valence-corrected chi connectivity index (χ1v) is 7.16. The number of rotatable bonds is 2. The van der Waals surface area contributed by atoms with Gasteiger partial charge in [0, 0.05) is 17.3 Å². The Morgan fingerprint density at radius 1 is 1.14 bits per heavy atom. The fourth-order valence-electron chi connectivity index (χ4n) is 2.98. The molecule has 0 bridgehead atoms. The predicted octanol–water partition coefficient (Wildman–Crippen LogP) is 3.31. The van der Waals surface area contributed by atoms with Gasteiger partial charge in [-0.05, 0) is 42.2 Å². The molecule has 1 aliphatic carbocycles. The van der Waals surface area contributed by atoms with E-state index >= 15 is 0 Å². The van der Waals surface area contributed by atoms with Gasteiger partial charge in [0.25, 0.3) is 0 Å². The molecule has 1 atom stereocenters. The second kappa shape index (κ2) is 4.74. The molecule has 0 amide bonds. The fourth-order valence-corrected chi connectivity index (χ4v) is 2.98. The molecule has 3 N–H and O–H groups in total. The number of aryl methyl sites for hydroxylation is 1. The smallest absolute Gasteiger partial charge is 0.223 e. The van der Waals surface area contributed by atoms with E-state index in [4.69, 9.17) is 5.73 Å². The lowest BCUT2D eigenvalue weighted by Gasteiger charge is -2.14. The summed E-state index contributed by atoms with van der Waals surface area (Å²) in [6.45, 7) is 0. The number of fused-ring (bicyclic) bond motifs is 2. The molecule has 0 fully saturated rings. The number of nitrogen functional groups attached to an aromatic ring is 1. The van der Waals surface area contributed by atoms with Crippen LogP contribution in [0.25, 0.3) is 10.9 Å². The SMILES string of the molecule is Nc1ccc2c(c1)CCC2Nc1ncc2ccccc2n1. The first kappa shape index (κ1) is 12.1. The zero-order chi connectivity index (χ0) is 14.2. The molecule has 0 spiro atoms. The molecule has 21 heavy (non-hydrogen) atoms. The first-order valence-electron chi connectivity index (χ1n) is 7.16. The maximum absolute atomic E-state index is 5.85. The highest BCUT2D eigenvalue weighted by Crippen LogP contribution is 2.34. The van der Waals surface area contributed by atoms with Gasteiger partial charge in [-0.15, -0.1) is 0 Å². The molecule has 2 aromatic carbocycles. The topological polar surface area (TPSA) is 63.8 Å². The van der Waals surface area contributed by atoms with Gasteiger partial charge < -0.3 is 11.1 Å². The zero-order valence-corrected chi connectivity index (χ0v) is 11.6. The van der Waals surface area contributed by atoms with Crippen molar-refractivity contribution >= 4 is 22.5 Å². The fraction of sp³-hybridized carbons (Fsp3) is 0.176. The van der Waals surface area contributed by atoms with E-state index < -0.39 is 0 Å². The molecule has 4 rings (SSSR count). The average Bonchev–Trinajstić information content (AvgIpc) is 2.89. The number of hydrogen-bond donors (Lipinski definition) is 2. The lowest BCUT2D eigenvalue weighted by Crippen LogP contribution is -2.09. The molecule has 1 aliphatic rings. The number of nitrogens with zero attached hydrogens (tertiary/aromatic N) is 2. The van der Waals surface area contributed by atoms with Crippen molar-refractivity contribution in [3.63, 3.8) is 0 Å². The van der Waals surface area contributed by atoms with Crippen molar-refractivity contribution in [3.8, 4) is 0 Å². The van der Waals surface area contributed by atoms with Gasteiger partial charge in [-0.25, -0.2) is 9.97 Å². The minimum Gasteiger partial charge on any atom is -0.399 e. The Hall–Kier alpha value is -2.62. The highest BCUT2D eigenvalue weighted by molar-refractivity contribution is 5.78. The summed E-state index contributed by atoms with van der Waals surface area (Å²) >= 11 is 0. The molecule has 0 radical (unpaired) electrons. The van der Waals surface area contributed by atoms with E-state index in [1.165, 1.54) is 11.1 Å². The second-order valence-electron chi connectivity index (χ2n) is 5.45. The van der Waals surface area contributed by atoms with E-state index in [0.29, 0.717) is 5.95 Å². The predicted molar refractivity (Wildman–Crippen MR) is 85.1 cm³/mol. The number of anilines is 2. The molecule has 4 nitrogen and oxygen atoms in total. The summed E-state index contributed by atoms with van der Waals surface area (Å²) in [5, 5.41) is 4.50. The van der Waals surface area contributed by atoms with Gasteiger partial charge in [0.15, 0.2) is 0 Å². The third kappa shape index (κ3) is 2.18. The number of nitrogens with one attached hydrogen (secondary N) is 1. The quantitative estimate of drug-likeness (QED) is 0.705. The van der Waals surface area contributed by atoms with Gasteiger partial charge in [0.1, 0.15) is 0 Å². The number of para-hydroxylation sites is 1. The largest absolute Gasteiger partial charge is 0.399 e. The molecule has 1 aromatic heterocycles. The average molecular weight is 276 g/mol. The van der Waals surface area contributed by atoms with Crippen molar-refractivity contribution in [2.24, 2.45) is 0 Å². The first-order chi connectivity index (χ1) is 10.3. The molecule has 104 valence electrons. The van der Waals surface area contributed by atoms with Crippen molar-refractivity contribution in [1.29, 1.82) is 0 Å². The van der Waals surface area contributed by atoms with E-state index in [1.54, 1.807) is 0 Å². The van der Waals surface area contributed by atoms with Crippen molar-refractivity contribution in [2.45, 2.75) is 18.9 Å². The molecule has 1 heterocycles. The minimum atomic E-state index is 0.266. The monoisotopic (exact) mass is 276 g/mol. The zero-order valence-electron chi connectivity index (χ0n) is 11.6. The lowest BCUT2D eigenvalue weighted by atomic mass is 10.1. The Bertz CT molecular complexity index is 813. The van der Waals surface area contributed by atoms with Crippen LogP contribution in [0.3, 0.4) is 0 Å². The maximum atomic E-state index is 5.85. The molecular formula is C17H16N4. The van der Waals surface area contributed by atoms with Crippen molar-refractivity contribution in [3.05, 3.63) is 59.8 Å². The summed E-state index contributed by atoms with van der Waals surface area (Å²) in [4.78, 5) is 9.00. The lowest BCUT2D eigenvalue weighted by molar-refractivity contribution is 0.752. The molecule has 0 saturated carbocycles. The Labute approximate surface area is 123 Å². The highest BCUT2D eigenvalue weighted by Gasteiger charge is 2.23. The molecule has 0 aliphatic heterocycles. The van der Waals surface area contributed by atoms with Crippen molar-refractivity contribution < 1.29 is 0 Å². The summed E-state index contributed by atoms with van der Waals surface area (Å²) in [6, 6.07) is 14.4. The van der Waals surface area contributed by atoms with Crippen LogP contribution >= 0.6 is 0 Å². The van der Waals surface area contributed by atoms with Crippen molar-refractivity contribution in [2.75, 3.05) is 11.1 Å². The van der Waals surface area contributed by atoms with Crippen LogP contribution in [0.5, 0.6) is 0 Å². The van der Waals surface area contributed by atoms with E-state index in [0.717, 1.165) is 29.4 Å². The van der Waals surface area contributed by atoms with Crippen LogP contribution in [0.1, 0.15) is 23.6 Å².